The third-order valence-electron chi connectivity index (χ3n) is 3.66. The van der Waals surface area contributed by atoms with E-state index in [1.54, 1.807) is 0 Å². The van der Waals surface area contributed by atoms with Gasteiger partial charge in [0.25, 0.3) is 0 Å². The van der Waals surface area contributed by atoms with E-state index in [1.165, 1.54) is 16.7 Å². The van der Waals surface area contributed by atoms with Crippen LogP contribution in [0, 0.1) is 13.8 Å². The van der Waals surface area contributed by atoms with Gasteiger partial charge in [0.05, 0.1) is 0 Å². The molecule has 2 nitrogen and oxygen atoms in total. The molecule has 2 rings (SSSR count). The normalized spacial score (nSPS) is 12.2. The van der Waals surface area contributed by atoms with E-state index in [4.69, 9.17) is 4.74 Å². The highest BCUT2D eigenvalue weighted by atomic mass is 79.9. The van der Waals surface area contributed by atoms with Crippen LogP contribution in [-0.2, 0) is 0 Å². The van der Waals surface area contributed by atoms with Gasteiger partial charge >= 0.3 is 0 Å². The van der Waals surface area contributed by atoms with Crippen LogP contribution < -0.4 is 10.1 Å². The fourth-order valence-corrected chi connectivity index (χ4v) is 2.73. The molecule has 0 amide bonds. The Labute approximate surface area is 135 Å². The Morgan fingerprint density at radius 1 is 1.10 bits per heavy atom. The molecule has 0 heterocycles. The fraction of sp³-hybridized carbons (Fsp3) is 0.333. The van der Waals surface area contributed by atoms with Crippen LogP contribution in [-0.4, -0.2) is 7.05 Å². The van der Waals surface area contributed by atoms with E-state index >= 15 is 0 Å². The summed E-state index contributed by atoms with van der Waals surface area (Å²) in [4.78, 5) is 0. The van der Waals surface area contributed by atoms with Crippen LogP contribution >= 0.6 is 15.9 Å². The van der Waals surface area contributed by atoms with Crippen LogP contribution in [0.15, 0.2) is 40.9 Å². The molecule has 2 aromatic rings. The van der Waals surface area contributed by atoms with Gasteiger partial charge in [-0.1, -0.05) is 35.0 Å². The van der Waals surface area contributed by atoms with Gasteiger partial charge < -0.3 is 10.1 Å². The molecule has 0 fully saturated rings. The second-order valence-electron chi connectivity index (χ2n) is 5.30. The van der Waals surface area contributed by atoms with Gasteiger partial charge in [-0.15, -0.1) is 0 Å². The molecule has 112 valence electrons. The van der Waals surface area contributed by atoms with E-state index < -0.39 is 0 Å². The maximum atomic E-state index is 6.03. The molecule has 0 aromatic heterocycles. The lowest BCUT2D eigenvalue weighted by Gasteiger charge is -2.16. The Morgan fingerprint density at radius 2 is 1.76 bits per heavy atom. The van der Waals surface area contributed by atoms with Crippen molar-refractivity contribution in [1.29, 1.82) is 0 Å². The SMILES string of the molecule is CCC(NC)c1cccc(Oc2cc(C)c(Br)c(C)c2)c1. The molecule has 1 atom stereocenters. The number of hydrogen-bond donors (Lipinski definition) is 1. The molecule has 0 aliphatic rings. The van der Waals surface area contributed by atoms with Crippen LogP contribution in [0.4, 0.5) is 0 Å². The summed E-state index contributed by atoms with van der Waals surface area (Å²) in [7, 11) is 1.99. The van der Waals surface area contributed by atoms with E-state index in [9.17, 15) is 0 Å². The molecule has 0 aliphatic heterocycles. The van der Waals surface area contributed by atoms with Gasteiger partial charge in [0, 0.05) is 10.5 Å². The minimum Gasteiger partial charge on any atom is -0.457 e. The molecule has 0 saturated heterocycles. The number of benzene rings is 2. The number of nitrogens with one attached hydrogen (secondary N) is 1. The molecular weight excluding hydrogens is 326 g/mol. The van der Waals surface area contributed by atoms with Crippen LogP contribution in [0.1, 0.15) is 36.1 Å². The number of aryl methyl sites for hydroxylation is 2. The molecular formula is C18H22BrNO. The summed E-state index contributed by atoms with van der Waals surface area (Å²) in [6.07, 6.45) is 1.05. The Balaban J connectivity index is 2.26. The molecule has 0 spiro atoms. The Bertz CT molecular complexity index is 597. The summed E-state index contributed by atoms with van der Waals surface area (Å²) in [6.45, 7) is 6.33. The second kappa shape index (κ2) is 7.10. The molecule has 3 heteroatoms. The minimum absolute atomic E-state index is 0.363. The van der Waals surface area contributed by atoms with Crippen molar-refractivity contribution in [1.82, 2.24) is 5.32 Å². The van der Waals surface area contributed by atoms with Gasteiger partial charge in [0.1, 0.15) is 11.5 Å². The lowest BCUT2D eigenvalue weighted by atomic mass is 10.0. The first-order valence-corrected chi connectivity index (χ1v) is 8.06. The van der Waals surface area contributed by atoms with Gasteiger partial charge in [-0.25, -0.2) is 0 Å². The van der Waals surface area contributed by atoms with Crippen molar-refractivity contribution in [2.75, 3.05) is 7.05 Å². The van der Waals surface area contributed by atoms with Crippen LogP contribution in [0.25, 0.3) is 0 Å². The quantitative estimate of drug-likeness (QED) is 0.767. The maximum absolute atomic E-state index is 6.03. The van der Waals surface area contributed by atoms with Crippen LogP contribution in [0.3, 0.4) is 0 Å². The van der Waals surface area contributed by atoms with Crippen molar-refractivity contribution in [3.05, 3.63) is 57.6 Å². The summed E-state index contributed by atoms with van der Waals surface area (Å²) in [5, 5.41) is 3.32. The van der Waals surface area contributed by atoms with Crippen molar-refractivity contribution < 1.29 is 4.74 Å². The molecule has 1 unspecified atom stereocenters. The molecule has 1 N–H and O–H groups in total. The van der Waals surface area contributed by atoms with Crippen molar-refractivity contribution in [3.63, 3.8) is 0 Å². The predicted octanol–water partition coefficient (Wildman–Crippen LogP) is 5.53. The van der Waals surface area contributed by atoms with E-state index in [0.29, 0.717) is 6.04 Å². The van der Waals surface area contributed by atoms with Gasteiger partial charge in [0.2, 0.25) is 0 Å². The monoisotopic (exact) mass is 347 g/mol. The summed E-state index contributed by atoms with van der Waals surface area (Å²) in [5.74, 6) is 1.75. The molecule has 0 bridgehead atoms. The number of rotatable bonds is 5. The van der Waals surface area contributed by atoms with E-state index in [-0.39, 0.29) is 0 Å². The number of hydrogen-bond acceptors (Lipinski definition) is 2. The van der Waals surface area contributed by atoms with Crippen molar-refractivity contribution in [2.45, 2.75) is 33.2 Å². The second-order valence-corrected chi connectivity index (χ2v) is 6.09. The largest absolute Gasteiger partial charge is 0.457 e. The van der Waals surface area contributed by atoms with E-state index in [0.717, 1.165) is 22.4 Å². The van der Waals surface area contributed by atoms with Crippen LogP contribution in [0.5, 0.6) is 11.5 Å². The molecule has 0 saturated carbocycles. The van der Waals surface area contributed by atoms with Crippen LogP contribution in [0.2, 0.25) is 0 Å². The van der Waals surface area contributed by atoms with Gasteiger partial charge in [-0.3, -0.25) is 0 Å². The van der Waals surface area contributed by atoms with E-state index in [1.807, 2.05) is 19.2 Å². The third kappa shape index (κ3) is 3.86. The zero-order chi connectivity index (χ0) is 15.4. The third-order valence-corrected chi connectivity index (χ3v) is 4.91. The van der Waals surface area contributed by atoms with Gasteiger partial charge in [-0.05, 0) is 68.3 Å². The summed E-state index contributed by atoms with van der Waals surface area (Å²) >= 11 is 3.58. The first-order valence-electron chi connectivity index (χ1n) is 7.27. The highest BCUT2D eigenvalue weighted by molar-refractivity contribution is 9.10. The standard InChI is InChI=1S/C18H22BrNO/c1-5-17(20-4)14-7-6-8-15(11-14)21-16-9-12(2)18(19)13(3)10-16/h6-11,17,20H,5H2,1-4H3. The molecule has 0 aliphatic carbocycles. The smallest absolute Gasteiger partial charge is 0.128 e. The highest BCUT2D eigenvalue weighted by Gasteiger charge is 2.09. The first-order chi connectivity index (χ1) is 10.0. The first kappa shape index (κ1) is 16.1. The average molecular weight is 348 g/mol. The van der Waals surface area contributed by atoms with Gasteiger partial charge in [-0.2, -0.15) is 0 Å². The number of halogens is 1. The van der Waals surface area contributed by atoms with E-state index in [2.05, 4.69) is 66.3 Å². The predicted molar refractivity (Wildman–Crippen MR) is 92.2 cm³/mol. The summed E-state index contributed by atoms with van der Waals surface area (Å²) in [5.41, 5.74) is 3.62. The fourth-order valence-electron chi connectivity index (χ4n) is 2.50. The Hall–Kier alpha value is -1.32. The maximum Gasteiger partial charge on any atom is 0.128 e. The Morgan fingerprint density at radius 3 is 2.33 bits per heavy atom. The minimum atomic E-state index is 0.363. The lowest BCUT2D eigenvalue weighted by Crippen LogP contribution is -2.14. The topological polar surface area (TPSA) is 21.3 Å². The zero-order valence-corrected chi connectivity index (χ0v) is 14.6. The molecule has 21 heavy (non-hydrogen) atoms. The molecule has 2 aromatic carbocycles. The summed E-state index contributed by atoms with van der Waals surface area (Å²) in [6, 6.07) is 12.8. The average Bonchev–Trinajstić information content (AvgIpc) is 2.46. The Kier molecular flexibility index (Phi) is 5.43. The molecule has 0 radical (unpaired) electrons. The zero-order valence-electron chi connectivity index (χ0n) is 13.0. The van der Waals surface area contributed by atoms with Crippen molar-refractivity contribution >= 4 is 15.9 Å². The van der Waals surface area contributed by atoms with Gasteiger partial charge in [0.15, 0.2) is 0 Å². The highest BCUT2D eigenvalue weighted by Crippen LogP contribution is 2.30. The number of ether oxygens (including phenoxy) is 1. The van der Waals surface area contributed by atoms with Crippen molar-refractivity contribution in [2.24, 2.45) is 0 Å². The van der Waals surface area contributed by atoms with Crippen molar-refractivity contribution in [3.8, 4) is 11.5 Å². The summed E-state index contributed by atoms with van der Waals surface area (Å²) < 4.78 is 7.17. The lowest BCUT2D eigenvalue weighted by molar-refractivity contribution is 0.478.